The van der Waals surface area contributed by atoms with Crippen LogP contribution < -0.4 is 0 Å². The number of nitrogens with zero attached hydrogens (tertiary/aromatic N) is 4. The number of hydrogen-bond acceptors (Lipinski definition) is 5. The second-order valence-electron chi connectivity index (χ2n) is 9.31. The summed E-state index contributed by atoms with van der Waals surface area (Å²) in [5, 5.41) is 4.08. The standard InChI is InChI=1S/C20H26N4O3/c25-16-7-14(19-21-18(22-27-19)13-5-6-13)8-24(16)15-9-23(10-15)20(26)17(11-1-2-11)12-3-4-12/h11-15,17H,1-10H2. The molecule has 1 aromatic heterocycles. The van der Waals surface area contributed by atoms with E-state index in [2.05, 4.69) is 10.1 Å². The van der Waals surface area contributed by atoms with Gasteiger partial charge in [-0.25, -0.2) is 0 Å². The highest BCUT2D eigenvalue weighted by Gasteiger charge is 2.50. The molecule has 1 unspecified atom stereocenters. The van der Waals surface area contributed by atoms with Crippen molar-refractivity contribution in [2.45, 2.75) is 62.8 Å². The van der Waals surface area contributed by atoms with E-state index in [1.165, 1.54) is 25.7 Å². The third-order valence-electron chi connectivity index (χ3n) is 7.07. The van der Waals surface area contributed by atoms with Crippen molar-refractivity contribution >= 4 is 11.8 Å². The van der Waals surface area contributed by atoms with Gasteiger partial charge in [-0.2, -0.15) is 4.98 Å². The van der Waals surface area contributed by atoms with Gasteiger partial charge in [-0.3, -0.25) is 9.59 Å². The molecule has 0 N–H and O–H groups in total. The van der Waals surface area contributed by atoms with Crippen molar-refractivity contribution in [3.05, 3.63) is 11.7 Å². The molecular formula is C20H26N4O3. The molecular weight excluding hydrogens is 344 g/mol. The lowest BCUT2D eigenvalue weighted by Crippen LogP contribution is -2.62. The lowest BCUT2D eigenvalue weighted by atomic mass is 9.93. The van der Waals surface area contributed by atoms with Gasteiger partial charge in [0.05, 0.1) is 12.0 Å². The first-order valence-electron chi connectivity index (χ1n) is 10.6. The Labute approximate surface area is 158 Å². The van der Waals surface area contributed by atoms with Crippen LogP contribution in [0.15, 0.2) is 4.52 Å². The van der Waals surface area contributed by atoms with Crippen LogP contribution in [0.2, 0.25) is 0 Å². The van der Waals surface area contributed by atoms with Gasteiger partial charge in [-0.1, -0.05) is 5.16 Å². The van der Waals surface area contributed by atoms with Gasteiger partial charge in [0.25, 0.3) is 0 Å². The molecule has 7 nitrogen and oxygen atoms in total. The molecule has 5 fully saturated rings. The molecule has 7 heteroatoms. The Morgan fingerprint density at radius 3 is 2.33 bits per heavy atom. The number of carbonyl (C=O) groups is 2. The summed E-state index contributed by atoms with van der Waals surface area (Å²) < 4.78 is 5.43. The minimum atomic E-state index is 0.00734. The number of amides is 2. The highest BCUT2D eigenvalue weighted by molar-refractivity contribution is 5.83. The van der Waals surface area contributed by atoms with E-state index < -0.39 is 0 Å². The molecule has 2 saturated heterocycles. The summed E-state index contributed by atoms with van der Waals surface area (Å²) in [6.45, 7) is 2.04. The first kappa shape index (κ1) is 16.1. The molecule has 2 amide bonds. The fourth-order valence-corrected chi connectivity index (χ4v) is 4.91. The summed E-state index contributed by atoms with van der Waals surface area (Å²) in [5.74, 6) is 3.95. The third kappa shape index (κ3) is 2.86. The van der Waals surface area contributed by atoms with E-state index in [1.807, 2.05) is 9.80 Å². The number of rotatable bonds is 6. The summed E-state index contributed by atoms with van der Waals surface area (Å²) in [5.41, 5.74) is 0. The average Bonchev–Trinajstić information content (AvgIpc) is 3.48. The van der Waals surface area contributed by atoms with Gasteiger partial charge in [-0.05, 0) is 50.4 Å². The van der Waals surface area contributed by atoms with E-state index >= 15 is 0 Å². The van der Waals surface area contributed by atoms with Gasteiger partial charge < -0.3 is 14.3 Å². The Morgan fingerprint density at radius 1 is 1.00 bits per heavy atom. The van der Waals surface area contributed by atoms with Crippen LogP contribution in [0, 0.1) is 17.8 Å². The minimum absolute atomic E-state index is 0.00734. The quantitative estimate of drug-likeness (QED) is 0.764. The number of aromatic nitrogens is 2. The molecule has 1 aromatic rings. The van der Waals surface area contributed by atoms with Gasteiger partial charge in [0, 0.05) is 37.9 Å². The molecule has 0 radical (unpaired) electrons. The maximum Gasteiger partial charge on any atom is 0.232 e. The Balaban J connectivity index is 1.07. The number of carbonyl (C=O) groups excluding carboxylic acids is 2. The van der Waals surface area contributed by atoms with Gasteiger partial charge in [0.15, 0.2) is 5.82 Å². The van der Waals surface area contributed by atoms with E-state index in [-0.39, 0.29) is 23.8 Å². The number of hydrogen-bond donors (Lipinski definition) is 0. The largest absolute Gasteiger partial charge is 0.339 e. The second-order valence-corrected chi connectivity index (χ2v) is 9.31. The molecule has 0 spiro atoms. The first-order valence-corrected chi connectivity index (χ1v) is 10.6. The Hall–Kier alpha value is -1.92. The molecule has 3 saturated carbocycles. The molecule has 6 rings (SSSR count). The van der Waals surface area contributed by atoms with Gasteiger partial charge in [-0.15, -0.1) is 0 Å². The van der Waals surface area contributed by atoms with Crippen molar-refractivity contribution < 1.29 is 14.1 Å². The molecule has 144 valence electrons. The highest BCUT2D eigenvalue weighted by atomic mass is 16.5. The van der Waals surface area contributed by atoms with Crippen molar-refractivity contribution in [2.24, 2.45) is 17.8 Å². The van der Waals surface area contributed by atoms with Gasteiger partial charge in [0.1, 0.15) is 0 Å². The van der Waals surface area contributed by atoms with E-state index in [0.717, 1.165) is 18.7 Å². The van der Waals surface area contributed by atoms with Crippen molar-refractivity contribution in [1.82, 2.24) is 19.9 Å². The first-order chi connectivity index (χ1) is 13.2. The zero-order valence-electron chi connectivity index (χ0n) is 15.5. The SMILES string of the molecule is O=C(C(C1CC1)C1CC1)N1CC(N2CC(c3nc(C4CC4)no3)CC2=O)C1. The fraction of sp³-hybridized carbons (Fsp3) is 0.800. The van der Waals surface area contributed by atoms with E-state index in [0.29, 0.717) is 55.6 Å². The van der Waals surface area contributed by atoms with Crippen molar-refractivity contribution in [3.8, 4) is 0 Å². The molecule has 3 aliphatic carbocycles. The van der Waals surface area contributed by atoms with Crippen LogP contribution in [-0.4, -0.2) is 57.4 Å². The lowest BCUT2D eigenvalue weighted by molar-refractivity contribution is -0.148. The summed E-state index contributed by atoms with van der Waals surface area (Å²) in [6, 6.07) is 0.163. The zero-order valence-corrected chi connectivity index (χ0v) is 15.5. The Bertz CT molecular complexity index is 762. The summed E-state index contributed by atoms with van der Waals surface area (Å²) in [7, 11) is 0. The average molecular weight is 370 g/mol. The highest BCUT2D eigenvalue weighted by Crippen LogP contribution is 2.50. The maximum absolute atomic E-state index is 12.9. The molecule has 3 heterocycles. The molecule has 5 aliphatic rings. The summed E-state index contributed by atoms with van der Waals surface area (Å²) in [4.78, 5) is 33.9. The Morgan fingerprint density at radius 2 is 1.70 bits per heavy atom. The van der Waals surface area contributed by atoms with Crippen LogP contribution in [0.4, 0.5) is 0 Å². The van der Waals surface area contributed by atoms with Crippen LogP contribution in [0.1, 0.15) is 68.5 Å². The van der Waals surface area contributed by atoms with Gasteiger partial charge in [0.2, 0.25) is 17.7 Å². The van der Waals surface area contributed by atoms with Crippen LogP contribution >= 0.6 is 0 Å². The monoisotopic (exact) mass is 370 g/mol. The molecule has 2 aliphatic heterocycles. The molecule has 27 heavy (non-hydrogen) atoms. The second kappa shape index (κ2) is 5.79. The molecule has 1 atom stereocenters. The minimum Gasteiger partial charge on any atom is -0.339 e. The summed E-state index contributed by atoms with van der Waals surface area (Å²) in [6.07, 6.45) is 7.64. The van der Waals surface area contributed by atoms with Crippen LogP contribution in [0.25, 0.3) is 0 Å². The smallest absolute Gasteiger partial charge is 0.232 e. The molecule has 0 bridgehead atoms. The van der Waals surface area contributed by atoms with E-state index in [4.69, 9.17) is 4.52 Å². The van der Waals surface area contributed by atoms with Gasteiger partial charge >= 0.3 is 0 Å². The maximum atomic E-state index is 12.9. The van der Waals surface area contributed by atoms with Crippen molar-refractivity contribution in [3.63, 3.8) is 0 Å². The predicted molar refractivity (Wildman–Crippen MR) is 94.7 cm³/mol. The third-order valence-corrected chi connectivity index (χ3v) is 7.07. The Kier molecular flexibility index (Phi) is 3.44. The summed E-state index contributed by atoms with van der Waals surface area (Å²) >= 11 is 0. The van der Waals surface area contributed by atoms with Crippen LogP contribution in [0.5, 0.6) is 0 Å². The van der Waals surface area contributed by atoms with Crippen LogP contribution in [0.3, 0.4) is 0 Å². The normalized spacial score (nSPS) is 28.9. The van der Waals surface area contributed by atoms with E-state index in [9.17, 15) is 9.59 Å². The predicted octanol–water partition coefficient (Wildman–Crippen LogP) is 1.91. The van der Waals surface area contributed by atoms with E-state index in [1.54, 1.807) is 0 Å². The zero-order chi connectivity index (χ0) is 18.1. The molecule has 0 aromatic carbocycles. The van der Waals surface area contributed by atoms with Crippen LogP contribution in [-0.2, 0) is 9.59 Å². The lowest BCUT2D eigenvalue weighted by Gasteiger charge is -2.45. The van der Waals surface area contributed by atoms with Crippen molar-refractivity contribution in [2.75, 3.05) is 19.6 Å². The fourth-order valence-electron chi connectivity index (χ4n) is 4.91. The number of likely N-dealkylation sites (tertiary alicyclic amines) is 2. The topological polar surface area (TPSA) is 79.5 Å². The van der Waals surface area contributed by atoms with Crippen molar-refractivity contribution in [1.29, 1.82) is 0 Å².